The van der Waals surface area contributed by atoms with Crippen molar-refractivity contribution in [3.05, 3.63) is 383 Å². The van der Waals surface area contributed by atoms with Gasteiger partial charge in [-0.15, -0.1) is 0 Å². The Morgan fingerprint density at radius 2 is 0.576 bits per heavy atom. The van der Waals surface area contributed by atoms with Gasteiger partial charge < -0.3 is 53.7 Å². The summed E-state index contributed by atoms with van der Waals surface area (Å²) in [6, 6.07) is 87.0. The first-order valence-corrected chi connectivity index (χ1v) is 44.2. The van der Waals surface area contributed by atoms with Crippen molar-refractivity contribution in [2.75, 3.05) is 0 Å². The predicted molar refractivity (Wildman–Crippen MR) is 521 cm³/mol. The largest absolute Gasteiger partial charge is 0.508 e. The molecule has 1 aliphatic heterocycles. The number of esters is 1. The van der Waals surface area contributed by atoms with E-state index in [0.717, 1.165) is 54.4 Å². The SMILES string of the molecule is CC.CC.CC.CC.CC.CC(C)c1ccsc1.CCC.CCC.CCC.CCC.O=C1OC(c2ccc(O)cc2)(c2ccc(O)cc2)c2ccccc21.O=c1ccc2cc(O)ccc2o1.O=c1ccc2ccc(O)cc2o1.O=c1ccc2ccc(O)cc2o1.Oc1ccc2cc(C3(c4ccc5cc(O)ccc5c4)c4ccccc4-c4ccccc43)ccc2c1. The molecule has 7 N–H and O–H groups in total. The van der Waals surface area contributed by atoms with Crippen molar-refractivity contribution in [3.8, 4) is 51.4 Å². The standard InChI is InChI=1S/C33H22O2.C20H14O4.3C9H6O3.C7H10S.4C3H8.5C2H6/c34-27-15-11-21-17-25(13-9-23(21)19-27)33(26-14-10-24-20-28(35)16-12-22(24)18-26)31-7-3-1-5-29(31)30-6-2-4-8-32(30)33;21-15-9-5-13(6-10-15)20(14-7-11-16(22)12-8-14)18-4-2-1-3-17(18)19(23)24-20;10-7-2-3-8-6(5-7)1-4-9(11)12-8;2*10-7-3-1-6-2-4-9(11)12-8(6)5-7;1-6(2)7-3-4-8-5-7;4*1-3-2;5*1-2/h1-20,34-35H;1-12,21-22H;3*1-5,10H;3-6H,1-2H3;4*3H2,1-2H3;5*1-2H3. The zero-order chi connectivity index (χ0) is 92.8. The number of phenols is 7. The fourth-order valence-electron chi connectivity index (χ4n) is 12.9. The maximum absolute atomic E-state index is 12.4. The number of phenolic OH excluding ortho intramolecular Hbond substituents is 7. The maximum atomic E-state index is 12.4. The second kappa shape index (κ2) is 54.1. The minimum atomic E-state index is -1.10. The van der Waals surface area contributed by atoms with E-state index in [4.69, 9.17) is 33.3 Å². The van der Waals surface area contributed by atoms with Crippen molar-refractivity contribution >= 4 is 71.8 Å². The number of thiophene rings is 1. The van der Waals surface area contributed by atoms with E-state index >= 15 is 0 Å². The quantitative estimate of drug-likeness (QED) is 0.0624. The van der Waals surface area contributed by atoms with E-state index in [1.54, 1.807) is 133 Å². The summed E-state index contributed by atoms with van der Waals surface area (Å²) in [5.74, 6) is 1.47. The van der Waals surface area contributed by atoms with E-state index in [-0.39, 0.29) is 45.9 Å². The molecule has 0 saturated heterocycles. The van der Waals surface area contributed by atoms with Crippen LogP contribution in [0.25, 0.3) is 65.6 Å². The zero-order valence-electron chi connectivity index (χ0n) is 76.1. The summed E-state index contributed by atoms with van der Waals surface area (Å²) in [5, 5.41) is 77.2. The highest BCUT2D eigenvalue weighted by molar-refractivity contribution is 7.08. The number of cyclic esters (lactones) is 1. The minimum Gasteiger partial charge on any atom is -0.508 e. The van der Waals surface area contributed by atoms with Gasteiger partial charge in [0.2, 0.25) is 0 Å². The molecular formula is C109H126O15S. The van der Waals surface area contributed by atoms with E-state index in [1.165, 1.54) is 107 Å². The minimum absolute atomic E-state index is 0.0943. The first-order valence-electron chi connectivity index (χ1n) is 43.3. The first kappa shape index (κ1) is 104. The number of benzene rings is 12. The van der Waals surface area contributed by atoms with Crippen LogP contribution in [0.2, 0.25) is 0 Å². The summed E-state index contributed by atoms with van der Waals surface area (Å²) >= 11 is 1.77. The lowest BCUT2D eigenvalue weighted by Crippen LogP contribution is -2.29. The summed E-state index contributed by atoms with van der Waals surface area (Å²) in [6.07, 6.45) is 5.00. The molecular weight excluding hydrogens is 1580 g/mol. The van der Waals surface area contributed by atoms with Crippen LogP contribution in [0.4, 0.5) is 0 Å². The molecule has 125 heavy (non-hydrogen) atoms. The Hall–Kier alpha value is -13.4. The van der Waals surface area contributed by atoms with E-state index in [0.29, 0.717) is 28.2 Å². The summed E-state index contributed by atoms with van der Waals surface area (Å²) in [5.41, 5.74) is 10.1. The van der Waals surface area contributed by atoms with E-state index in [9.17, 15) is 39.6 Å². The van der Waals surface area contributed by atoms with Crippen LogP contribution in [0.15, 0.2) is 330 Å². The Morgan fingerprint density at radius 1 is 0.288 bits per heavy atom. The van der Waals surface area contributed by atoms with Gasteiger partial charge in [-0.3, -0.25) is 0 Å². The van der Waals surface area contributed by atoms with Crippen LogP contribution in [0.5, 0.6) is 40.2 Å². The summed E-state index contributed by atoms with van der Waals surface area (Å²) in [4.78, 5) is 44.7. The van der Waals surface area contributed by atoms with Crippen LogP contribution in [0.3, 0.4) is 0 Å². The van der Waals surface area contributed by atoms with Gasteiger partial charge in [-0.2, -0.15) is 11.3 Å². The lowest BCUT2D eigenvalue weighted by atomic mass is 9.67. The second-order valence-electron chi connectivity index (χ2n) is 27.5. The molecule has 0 unspecified atom stereocenters. The van der Waals surface area contributed by atoms with Crippen LogP contribution in [0, 0.1) is 0 Å². The molecule has 0 saturated carbocycles. The Kier molecular flexibility index (Phi) is 45.0. The average Bonchev–Trinajstić information content (AvgIpc) is 1.54. The number of fused-ring (bicyclic) bond motifs is 9. The predicted octanol–water partition coefficient (Wildman–Crippen LogP) is 29.5. The molecule has 16 aromatic rings. The molecule has 5 heterocycles. The first-order chi connectivity index (χ1) is 60.5. The van der Waals surface area contributed by atoms with Crippen molar-refractivity contribution in [2.24, 2.45) is 0 Å². The fraction of sp³-hybridized carbons (Fsp3) is 0.248. The number of carbonyl (C=O) groups excluding carboxylic acids is 1. The second-order valence-corrected chi connectivity index (χ2v) is 28.3. The topological polar surface area (TPSA) is 259 Å². The smallest absolute Gasteiger partial charge is 0.340 e. The van der Waals surface area contributed by atoms with Gasteiger partial charge in [0.25, 0.3) is 0 Å². The van der Waals surface area contributed by atoms with Gasteiger partial charge >= 0.3 is 22.8 Å². The van der Waals surface area contributed by atoms with E-state index < -0.39 is 28.2 Å². The molecule has 18 rings (SSSR count). The highest BCUT2D eigenvalue weighted by Gasteiger charge is 2.49. The molecule has 0 radical (unpaired) electrons. The van der Waals surface area contributed by atoms with Crippen molar-refractivity contribution in [2.45, 2.75) is 181 Å². The van der Waals surface area contributed by atoms with Crippen LogP contribution in [0.1, 0.15) is 225 Å². The fourth-order valence-corrected chi connectivity index (χ4v) is 13.7. The van der Waals surface area contributed by atoms with Crippen molar-refractivity contribution in [1.82, 2.24) is 0 Å². The molecule has 12 aromatic carbocycles. The maximum Gasteiger partial charge on any atom is 0.340 e. The zero-order valence-corrected chi connectivity index (χ0v) is 76.9. The van der Waals surface area contributed by atoms with E-state index in [2.05, 4.69) is 171 Å². The molecule has 0 amide bonds. The van der Waals surface area contributed by atoms with Gasteiger partial charge in [-0.25, -0.2) is 19.2 Å². The molecule has 2 aliphatic rings. The van der Waals surface area contributed by atoms with Crippen LogP contribution in [-0.2, 0) is 15.8 Å². The monoisotopic (exact) mass is 1710 g/mol. The highest BCUT2D eigenvalue weighted by Crippen LogP contribution is 2.57. The summed E-state index contributed by atoms with van der Waals surface area (Å²) in [7, 11) is 0. The number of aromatic hydroxyl groups is 7. The van der Waals surface area contributed by atoms with Crippen molar-refractivity contribution in [1.29, 1.82) is 0 Å². The number of hydrogen-bond donors (Lipinski definition) is 7. The normalized spacial score (nSPS) is 11.1. The van der Waals surface area contributed by atoms with Crippen LogP contribution < -0.4 is 16.9 Å². The average molecular weight is 1710 g/mol. The van der Waals surface area contributed by atoms with Gasteiger partial charge in [-0.05, 0) is 211 Å². The molecule has 4 aromatic heterocycles. The van der Waals surface area contributed by atoms with Crippen molar-refractivity contribution < 1.29 is 58.5 Å². The lowest BCUT2D eigenvalue weighted by molar-refractivity contribution is 0.0251. The van der Waals surface area contributed by atoms with Gasteiger partial charge in [0, 0.05) is 63.2 Å². The number of hydrogen-bond acceptors (Lipinski definition) is 16. The Labute approximate surface area is 741 Å². The van der Waals surface area contributed by atoms with Gasteiger partial charge in [0.05, 0.1) is 11.0 Å². The summed E-state index contributed by atoms with van der Waals surface area (Å²) in [6.45, 7) is 41.4. The highest BCUT2D eigenvalue weighted by atomic mass is 32.1. The number of ether oxygens (including phenoxy) is 1. The molecule has 1 aliphatic carbocycles. The summed E-state index contributed by atoms with van der Waals surface area (Å²) < 4.78 is 20.4. The third-order valence-corrected chi connectivity index (χ3v) is 18.5. The Bertz CT molecular complexity index is 5780. The van der Waals surface area contributed by atoms with Crippen molar-refractivity contribution in [3.63, 3.8) is 0 Å². The third kappa shape index (κ3) is 28.0. The molecule has 0 fully saturated rings. The molecule has 0 bridgehead atoms. The van der Waals surface area contributed by atoms with Crippen LogP contribution >= 0.6 is 11.3 Å². The Morgan fingerprint density at radius 3 is 0.944 bits per heavy atom. The van der Waals surface area contributed by atoms with E-state index in [1.807, 2.05) is 106 Å². The number of carbonyl (C=O) groups is 1. The molecule has 16 heteroatoms. The number of rotatable bonds is 5. The third-order valence-electron chi connectivity index (χ3n) is 17.8. The van der Waals surface area contributed by atoms with Gasteiger partial charge in [-0.1, -0.05) is 292 Å². The van der Waals surface area contributed by atoms with Gasteiger partial charge in [0.1, 0.15) is 57.0 Å². The Balaban J connectivity index is 0.000000318. The van der Waals surface area contributed by atoms with Crippen LogP contribution in [-0.4, -0.2) is 41.7 Å². The molecule has 0 spiro atoms. The lowest BCUT2D eigenvalue weighted by Gasteiger charge is -2.34. The molecule has 658 valence electrons. The molecule has 0 atom stereocenters. The van der Waals surface area contributed by atoms with Gasteiger partial charge in [0.15, 0.2) is 5.60 Å². The molecule has 15 nitrogen and oxygen atoms in total.